The number of carbonyl (C=O) groups is 1. The van der Waals surface area contributed by atoms with Crippen molar-refractivity contribution in [3.63, 3.8) is 0 Å². The molecule has 88 valence electrons. The molecule has 0 heterocycles. The van der Waals surface area contributed by atoms with Gasteiger partial charge < -0.3 is 5.11 Å². The molecule has 0 aliphatic rings. The van der Waals surface area contributed by atoms with Gasteiger partial charge >= 0.3 is 0 Å². The molecule has 0 fully saturated rings. The molecule has 0 spiro atoms. The standard InChI is InChI=1S/C13H17ClO2/c1-3-9(4-2)12(15)13(16)10-6-5-7-11(14)8-10/h5-9,12,15H,3-4H2,1-2H3. The van der Waals surface area contributed by atoms with Crippen molar-refractivity contribution < 1.29 is 9.90 Å². The van der Waals surface area contributed by atoms with Crippen molar-refractivity contribution >= 4 is 17.4 Å². The van der Waals surface area contributed by atoms with Crippen LogP contribution in [-0.4, -0.2) is 17.0 Å². The van der Waals surface area contributed by atoms with E-state index in [4.69, 9.17) is 11.6 Å². The van der Waals surface area contributed by atoms with Gasteiger partial charge in [0.15, 0.2) is 5.78 Å². The van der Waals surface area contributed by atoms with E-state index in [1.165, 1.54) is 0 Å². The third kappa shape index (κ3) is 3.06. The molecule has 0 saturated heterocycles. The fourth-order valence-electron chi connectivity index (χ4n) is 1.76. The normalized spacial score (nSPS) is 12.8. The Morgan fingerprint density at radius 3 is 2.50 bits per heavy atom. The van der Waals surface area contributed by atoms with Crippen LogP contribution in [0.1, 0.15) is 37.0 Å². The Bertz CT molecular complexity index is 359. The molecular weight excluding hydrogens is 224 g/mol. The monoisotopic (exact) mass is 240 g/mol. The van der Waals surface area contributed by atoms with Gasteiger partial charge in [0.2, 0.25) is 0 Å². The lowest BCUT2D eigenvalue weighted by molar-refractivity contribution is 0.0588. The first-order valence-electron chi connectivity index (χ1n) is 5.58. The molecule has 1 aromatic rings. The van der Waals surface area contributed by atoms with Crippen LogP contribution < -0.4 is 0 Å². The first-order valence-corrected chi connectivity index (χ1v) is 5.95. The van der Waals surface area contributed by atoms with E-state index in [9.17, 15) is 9.90 Å². The lowest BCUT2D eigenvalue weighted by Crippen LogP contribution is -2.28. The van der Waals surface area contributed by atoms with E-state index in [1.807, 2.05) is 13.8 Å². The summed E-state index contributed by atoms with van der Waals surface area (Å²) in [5, 5.41) is 10.4. The Morgan fingerprint density at radius 2 is 2.00 bits per heavy atom. The molecule has 2 nitrogen and oxygen atoms in total. The highest BCUT2D eigenvalue weighted by Gasteiger charge is 2.24. The second-order valence-electron chi connectivity index (χ2n) is 3.90. The summed E-state index contributed by atoms with van der Waals surface area (Å²) < 4.78 is 0. The largest absolute Gasteiger partial charge is 0.385 e. The smallest absolute Gasteiger partial charge is 0.191 e. The van der Waals surface area contributed by atoms with Crippen molar-refractivity contribution in [1.29, 1.82) is 0 Å². The summed E-state index contributed by atoms with van der Waals surface area (Å²) in [7, 11) is 0. The number of rotatable bonds is 5. The summed E-state index contributed by atoms with van der Waals surface area (Å²) in [6.07, 6.45) is 0.668. The highest BCUT2D eigenvalue weighted by atomic mass is 35.5. The highest BCUT2D eigenvalue weighted by molar-refractivity contribution is 6.31. The minimum absolute atomic E-state index is 0.0199. The highest BCUT2D eigenvalue weighted by Crippen LogP contribution is 2.19. The maximum absolute atomic E-state index is 11.9. The van der Waals surface area contributed by atoms with Gasteiger partial charge in [-0.15, -0.1) is 0 Å². The van der Waals surface area contributed by atoms with Crippen LogP contribution in [0.5, 0.6) is 0 Å². The van der Waals surface area contributed by atoms with Crippen molar-refractivity contribution in [2.24, 2.45) is 5.92 Å². The predicted molar refractivity (Wildman–Crippen MR) is 65.9 cm³/mol. The Labute approximate surface area is 101 Å². The maximum Gasteiger partial charge on any atom is 0.191 e. The van der Waals surface area contributed by atoms with Crippen LogP contribution in [-0.2, 0) is 0 Å². The third-order valence-corrected chi connectivity index (χ3v) is 3.11. The van der Waals surface area contributed by atoms with Crippen LogP contribution in [0, 0.1) is 5.92 Å². The summed E-state index contributed by atoms with van der Waals surface area (Å²) in [5.41, 5.74) is 0.479. The molecule has 1 N–H and O–H groups in total. The van der Waals surface area contributed by atoms with Crippen molar-refractivity contribution in [3.8, 4) is 0 Å². The maximum atomic E-state index is 11.9. The summed E-state index contributed by atoms with van der Waals surface area (Å²) in [6.45, 7) is 3.95. The molecule has 0 bridgehead atoms. The summed E-state index contributed by atoms with van der Waals surface area (Å²) in [4.78, 5) is 11.9. The van der Waals surface area contributed by atoms with Crippen molar-refractivity contribution in [3.05, 3.63) is 34.9 Å². The molecule has 1 unspecified atom stereocenters. The van der Waals surface area contributed by atoms with Crippen LogP contribution in [0.25, 0.3) is 0 Å². The summed E-state index contributed by atoms with van der Waals surface area (Å²) >= 11 is 5.81. The second kappa shape index (κ2) is 6.02. The topological polar surface area (TPSA) is 37.3 Å². The SMILES string of the molecule is CCC(CC)C(O)C(=O)c1cccc(Cl)c1. The Kier molecular flexibility index (Phi) is 4.97. The number of Topliss-reactive ketones (excluding diaryl/α,β-unsaturated/α-hetero) is 1. The third-order valence-electron chi connectivity index (χ3n) is 2.87. The van der Waals surface area contributed by atoms with Crippen LogP contribution in [0.3, 0.4) is 0 Å². The van der Waals surface area contributed by atoms with E-state index >= 15 is 0 Å². The molecule has 0 aromatic heterocycles. The van der Waals surface area contributed by atoms with Crippen molar-refractivity contribution in [2.75, 3.05) is 0 Å². The molecule has 0 aliphatic carbocycles. The van der Waals surface area contributed by atoms with Crippen LogP contribution in [0.4, 0.5) is 0 Å². The second-order valence-corrected chi connectivity index (χ2v) is 4.33. The molecule has 0 aliphatic heterocycles. The van der Waals surface area contributed by atoms with Gasteiger partial charge in [0.25, 0.3) is 0 Å². The Balaban J connectivity index is 2.85. The lowest BCUT2D eigenvalue weighted by atomic mass is 9.91. The van der Waals surface area contributed by atoms with E-state index in [2.05, 4.69) is 0 Å². The zero-order chi connectivity index (χ0) is 12.1. The molecule has 1 aromatic carbocycles. The minimum atomic E-state index is -0.923. The van der Waals surface area contributed by atoms with Gasteiger partial charge in [-0.25, -0.2) is 0 Å². The van der Waals surface area contributed by atoms with E-state index in [1.54, 1.807) is 24.3 Å². The van der Waals surface area contributed by atoms with Crippen molar-refractivity contribution in [2.45, 2.75) is 32.8 Å². The fraction of sp³-hybridized carbons (Fsp3) is 0.462. The molecule has 3 heteroatoms. The number of halogens is 1. The average molecular weight is 241 g/mol. The number of hydrogen-bond acceptors (Lipinski definition) is 2. The van der Waals surface area contributed by atoms with Gasteiger partial charge in [-0.1, -0.05) is 50.4 Å². The van der Waals surface area contributed by atoms with E-state index in [0.717, 1.165) is 12.8 Å². The van der Waals surface area contributed by atoms with Crippen LogP contribution in [0.15, 0.2) is 24.3 Å². The number of aliphatic hydroxyl groups is 1. The first-order chi connectivity index (χ1) is 7.60. The average Bonchev–Trinajstić information content (AvgIpc) is 2.29. The van der Waals surface area contributed by atoms with Gasteiger partial charge in [-0.05, 0) is 18.1 Å². The number of benzene rings is 1. The molecular formula is C13H17ClO2. The minimum Gasteiger partial charge on any atom is -0.385 e. The van der Waals surface area contributed by atoms with E-state index in [0.29, 0.717) is 10.6 Å². The van der Waals surface area contributed by atoms with Crippen molar-refractivity contribution in [1.82, 2.24) is 0 Å². The van der Waals surface area contributed by atoms with Crippen LogP contribution in [0.2, 0.25) is 5.02 Å². The molecule has 1 atom stereocenters. The fourth-order valence-corrected chi connectivity index (χ4v) is 1.95. The summed E-state index contributed by atoms with van der Waals surface area (Å²) in [5.74, 6) is -0.220. The van der Waals surface area contributed by atoms with E-state index < -0.39 is 6.10 Å². The predicted octanol–water partition coefficient (Wildman–Crippen LogP) is 3.32. The van der Waals surface area contributed by atoms with Gasteiger partial charge in [-0.3, -0.25) is 4.79 Å². The van der Waals surface area contributed by atoms with Gasteiger partial charge in [-0.2, -0.15) is 0 Å². The number of hydrogen-bond donors (Lipinski definition) is 1. The molecule has 0 radical (unpaired) electrons. The quantitative estimate of drug-likeness (QED) is 0.802. The van der Waals surface area contributed by atoms with Crippen LogP contribution >= 0.6 is 11.6 Å². The first kappa shape index (κ1) is 13.2. The zero-order valence-electron chi connectivity index (χ0n) is 9.61. The van der Waals surface area contributed by atoms with E-state index in [-0.39, 0.29) is 11.7 Å². The van der Waals surface area contributed by atoms with Gasteiger partial charge in [0.05, 0.1) is 0 Å². The number of carbonyl (C=O) groups excluding carboxylic acids is 1. The molecule has 1 rings (SSSR count). The van der Waals surface area contributed by atoms with Gasteiger partial charge in [0.1, 0.15) is 6.10 Å². The number of ketones is 1. The number of aliphatic hydroxyl groups excluding tert-OH is 1. The molecule has 16 heavy (non-hydrogen) atoms. The Morgan fingerprint density at radius 1 is 1.38 bits per heavy atom. The summed E-state index contributed by atoms with van der Waals surface area (Å²) in [6, 6.07) is 6.70. The lowest BCUT2D eigenvalue weighted by Gasteiger charge is -2.18. The molecule has 0 amide bonds. The molecule has 0 saturated carbocycles. The Hall–Kier alpha value is -0.860. The zero-order valence-corrected chi connectivity index (χ0v) is 10.4. The van der Waals surface area contributed by atoms with Gasteiger partial charge in [0, 0.05) is 10.6 Å².